The molecule has 0 aliphatic heterocycles. The third-order valence-electron chi connectivity index (χ3n) is 2.38. The topological polar surface area (TPSA) is 62.4 Å². The van der Waals surface area contributed by atoms with Gasteiger partial charge in [-0.1, -0.05) is 12.1 Å². The second-order valence-corrected chi connectivity index (χ2v) is 6.02. The van der Waals surface area contributed by atoms with Crippen LogP contribution in [0.2, 0.25) is 0 Å². The lowest BCUT2D eigenvalue weighted by atomic mass is 10.1. The van der Waals surface area contributed by atoms with Crippen molar-refractivity contribution in [1.29, 1.82) is 0 Å². The van der Waals surface area contributed by atoms with Crippen LogP contribution in [0.5, 0.6) is 0 Å². The molecule has 0 heterocycles. The molecule has 0 unspecified atom stereocenters. The first kappa shape index (κ1) is 17.5. The smallest absolute Gasteiger partial charge is 0.407 e. The van der Waals surface area contributed by atoms with Gasteiger partial charge in [0.15, 0.2) is 5.11 Å². The molecule has 0 saturated heterocycles. The maximum absolute atomic E-state index is 11.5. The number of carbonyl (C=O) groups excluding carboxylic acids is 1. The summed E-state index contributed by atoms with van der Waals surface area (Å²) in [7, 11) is 0. The fourth-order valence-electron chi connectivity index (χ4n) is 1.53. The van der Waals surface area contributed by atoms with E-state index in [0.29, 0.717) is 11.7 Å². The van der Waals surface area contributed by atoms with E-state index in [1.807, 2.05) is 45.0 Å². The van der Waals surface area contributed by atoms with Crippen molar-refractivity contribution in [1.82, 2.24) is 10.2 Å². The summed E-state index contributed by atoms with van der Waals surface area (Å²) in [5, 5.41) is 5.98. The van der Waals surface area contributed by atoms with E-state index >= 15 is 0 Å². The highest BCUT2D eigenvalue weighted by atomic mass is 35.5. The Bertz CT molecular complexity index is 486. The summed E-state index contributed by atoms with van der Waals surface area (Å²) in [5.74, 6) is 0. The molecular weight excluding hydrogens is 310 g/mol. The zero-order valence-electron chi connectivity index (χ0n) is 12.3. The first-order valence-corrected chi connectivity index (χ1v) is 7.32. The molecule has 0 fully saturated rings. The number of hydrogen-bond acceptors (Lipinski definition) is 3. The van der Waals surface area contributed by atoms with Gasteiger partial charge in [-0.25, -0.2) is 4.79 Å². The summed E-state index contributed by atoms with van der Waals surface area (Å²) >= 11 is 10.3. The Hall–Kier alpha value is -1.53. The van der Waals surface area contributed by atoms with Crippen LogP contribution in [-0.2, 0) is 11.2 Å². The maximum Gasteiger partial charge on any atom is 0.407 e. The van der Waals surface area contributed by atoms with Crippen molar-refractivity contribution < 1.29 is 9.53 Å². The SMILES string of the molecule is CC(C)(C)OC(=O)NCCc1ccc(NC(=S)NCl)cc1. The van der Waals surface area contributed by atoms with Gasteiger partial charge in [0, 0.05) is 24.0 Å². The van der Waals surface area contributed by atoms with Crippen molar-refractivity contribution in [3.05, 3.63) is 29.8 Å². The third-order valence-corrected chi connectivity index (χ3v) is 2.88. The summed E-state index contributed by atoms with van der Waals surface area (Å²) < 4.78 is 5.16. The molecule has 0 atom stereocenters. The summed E-state index contributed by atoms with van der Waals surface area (Å²) in [6.45, 7) is 6.01. The number of anilines is 1. The van der Waals surface area contributed by atoms with E-state index in [9.17, 15) is 4.79 Å². The van der Waals surface area contributed by atoms with Crippen LogP contribution in [0, 0.1) is 0 Å². The van der Waals surface area contributed by atoms with E-state index in [1.54, 1.807) is 0 Å². The minimum Gasteiger partial charge on any atom is -0.444 e. The van der Waals surface area contributed by atoms with Crippen molar-refractivity contribution in [3.63, 3.8) is 0 Å². The van der Waals surface area contributed by atoms with E-state index in [4.69, 9.17) is 28.7 Å². The largest absolute Gasteiger partial charge is 0.444 e. The first-order valence-electron chi connectivity index (χ1n) is 6.53. The average Bonchev–Trinajstić information content (AvgIpc) is 2.38. The number of hydrogen-bond donors (Lipinski definition) is 3. The van der Waals surface area contributed by atoms with Gasteiger partial charge in [-0.2, -0.15) is 0 Å². The Kier molecular flexibility index (Phi) is 6.71. The lowest BCUT2D eigenvalue weighted by molar-refractivity contribution is 0.0528. The molecule has 0 aliphatic rings. The first-order chi connectivity index (χ1) is 9.80. The molecule has 1 aromatic carbocycles. The van der Waals surface area contributed by atoms with Gasteiger partial charge >= 0.3 is 6.09 Å². The lowest BCUT2D eigenvalue weighted by Crippen LogP contribution is -2.33. The van der Waals surface area contributed by atoms with Crippen LogP contribution in [0.25, 0.3) is 0 Å². The van der Waals surface area contributed by atoms with Crippen LogP contribution < -0.4 is 15.5 Å². The van der Waals surface area contributed by atoms with Crippen LogP contribution in [0.15, 0.2) is 24.3 Å². The van der Waals surface area contributed by atoms with Crippen LogP contribution in [0.1, 0.15) is 26.3 Å². The fraction of sp³-hybridized carbons (Fsp3) is 0.429. The van der Waals surface area contributed by atoms with Gasteiger partial charge in [-0.3, -0.25) is 4.84 Å². The maximum atomic E-state index is 11.5. The highest BCUT2D eigenvalue weighted by Crippen LogP contribution is 2.10. The minimum atomic E-state index is -0.480. The minimum absolute atomic E-state index is 0.344. The molecule has 0 spiro atoms. The van der Waals surface area contributed by atoms with Gasteiger partial charge in [0.2, 0.25) is 0 Å². The Labute approximate surface area is 135 Å². The molecule has 21 heavy (non-hydrogen) atoms. The van der Waals surface area contributed by atoms with E-state index in [2.05, 4.69) is 15.5 Å². The number of thiocarbonyl (C=S) groups is 1. The van der Waals surface area contributed by atoms with Gasteiger partial charge in [-0.05, 0) is 57.1 Å². The molecule has 0 saturated carbocycles. The van der Waals surface area contributed by atoms with Gasteiger partial charge in [0.05, 0.1) is 0 Å². The molecular formula is C14H20ClN3O2S. The summed E-state index contributed by atoms with van der Waals surface area (Å²) in [6.07, 6.45) is 0.317. The van der Waals surface area contributed by atoms with Crippen molar-refractivity contribution >= 4 is 40.9 Å². The molecule has 0 aliphatic carbocycles. The molecule has 7 heteroatoms. The number of rotatable bonds is 4. The van der Waals surface area contributed by atoms with Crippen molar-refractivity contribution in [3.8, 4) is 0 Å². The van der Waals surface area contributed by atoms with Gasteiger partial charge < -0.3 is 15.4 Å². The number of nitrogens with one attached hydrogen (secondary N) is 3. The molecule has 1 aromatic rings. The molecule has 0 radical (unpaired) electrons. The van der Waals surface area contributed by atoms with Crippen molar-refractivity contribution in [2.24, 2.45) is 0 Å². The van der Waals surface area contributed by atoms with Crippen LogP contribution in [0.3, 0.4) is 0 Å². The molecule has 116 valence electrons. The van der Waals surface area contributed by atoms with E-state index in [0.717, 1.165) is 17.7 Å². The average molecular weight is 330 g/mol. The zero-order valence-corrected chi connectivity index (χ0v) is 13.9. The third kappa shape index (κ3) is 7.72. The highest BCUT2D eigenvalue weighted by Gasteiger charge is 2.15. The van der Waals surface area contributed by atoms with Gasteiger partial charge in [0.1, 0.15) is 5.60 Å². The van der Waals surface area contributed by atoms with Crippen LogP contribution in [0.4, 0.5) is 10.5 Å². The monoisotopic (exact) mass is 329 g/mol. The quantitative estimate of drug-likeness (QED) is 0.585. The number of benzene rings is 1. The number of halogens is 1. The Morgan fingerprint density at radius 3 is 2.43 bits per heavy atom. The molecule has 1 amide bonds. The summed E-state index contributed by atoms with van der Waals surface area (Å²) in [4.78, 5) is 13.8. The lowest BCUT2D eigenvalue weighted by Gasteiger charge is -2.19. The summed E-state index contributed by atoms with van der Waals surface area (Å²) in [5.41, 5.74) is 1.46. The number of carbonyl (C=O) groups is 1. The predicted molar refractivity (Wildman–Crippen MR) is 89.6 cm³/mol. The molecule has 1 rings (SSSR count). The molecule has 3 N–H and O–H groups in total. The number of ether oxygens (including phenoxy) is 1. The van der Waals surface area contributed by atoms with E-state index in [-0.39, 0.29) is 0 Å². The Morgan fingerprint density at radius 1 is 1.29 bits per heavy atom. The molecule has 5 nitrogen and oxygen atoms in total. The van der Waals surface area contributed by atoms with Gasteiger partial charge in [0.25, 0.3) is 0 Å². The van der Waals surface area contributed by atoms with Crippen molar-refractivity contribution in [2.75, 3.05) is 11.9 Å². The zero-order chi connectivity index (χ0) is 15.9. The second-order valence-electron chi connectivity index (χ2n) is 5.42. The van der Waals surface area contributed by atoms with Crippen LogP contribution in [-0.4, -0.2) is 23.4 Å². The van der Waals surface area contributed by atoms with Gasteiger partial charge in [-0.15, -0.1) is 0 Å². The molecule has 0 aromatic heterocycles. The fourth-order valence-corrected chi connectivity index (χ4v) is 1.70. The Balaban J connectivity index is 2.36. The molecule has 0 bridgehead atoms. The highest BCUT2D eigenvalue weighted by molar-refractivity contribution is 7.80. The number of amides is 1. The predicted octanol–water partition coefficient (Wildman–Crippen LogP) is 3.19. The van der Waals surface area contributed by atoms with Crippen molar-refractivity contribution in [2.45, 2.75) is 32.8 Å². The normalized spacial score (nSPS) is 10.7. The standard InChI is InChI=1S/C14H20ClN3O2S/c1-14(2,3)20-13(19)16-9-8-10-4-6-11(7-5-10)17-12(21)18-15/h4-7H,8-9H2,1-3H3,(H,16,19)(H2,17,18,21). The summed E-state index contributed by atoms with van der Waals surface area (Å²) in [6, 6.07) is 7.69. The Morgan fingerprint density at radius 2 is 1.90 bits per heavy atom. The van der Waals surface area contributed by atoms with E-state index in [1.165, 1.54) is 0 Å². The van der Waals surface area contributed by atoms with E-state index < -0.39 is 11.7 Å². The second kappa shape index (κ2) is 8.05. The number of alkyl carbamates (subject to hydrolysis) is 1. The van der Waals surface area contributed by atoms with Crippen LogP contribution >= 0.6 is 24.0 Å².